The lowest BCUT2D eigenvalue weighted by molar-refractivity contribution is 0.650. The zero-order chi connectivity index (χ0) is 19.1. The molecule has 0 unspecified atom stereocenters. The van der Waals surface area contributed by atoms with Crippen LogP contribution in [-0.2, 0) is 7.05 Å². The molecule has 1 aliphatic rings. The summed E-state index contributed by atoms with van der Waals surface area (Å²) in [5.74, 6) is 0.926. The molecule has 28 heavy (non-hydrogen) atoms. The first-order chi connectivity index (χ1) is 13.7. The van der Waals surface area contributed by atoms with E-state index in [1.165, 1.54) is 0 Å². The second-order valence-electron chi connectivity index (χ2n) is 6.83. The molecule has 0 spiro atoms. The fraction of sp³-hybridized carbons (Fsp3) is 0.250. The molecule has 0 radical (unpaired) electrons. The highest BCUT2D eigenvalue weighted by Crippen LogP contribution is 2.29. The van der Waals surface area contributed by atoms with Crippen LogP contribution >= 0.6 is 0 Å². The van der Waals surface area contributed by atoms with Crippen molar-refractivity contribution in [3.8, 4) is 6.07 Å². The third-order valence-electron chi connectivity index (χ3n) is 5.24. The van der Waals surface area contributed by atoms with Crippen LogP contribution in [0.25, 0.3) is 21.9 Å². The molecule has 3 aromatic heterocycles. The summed E-state index contributed by atoms with van der Waals surface area (Å²) in [4.78, 5) is 17.9. The first-order valence-corrected chi connectivity index (χ1v) is 9.17. The van der Waals surface area contributed by atoms with Gasteiger partial charge < -0.3 is 9.80 Å². The first-order valence-electron chi connectivity index (χ1n) is 9.17. The van der Waals surface area contributed by atoms with Gasteiger partial charge in [-0.1, -0.05) is 18.2 Å². The average Bonchev–Trinajstić information content (AvgIpc) is 3.14. The number of pyridine rings is 1. The fourth-order valence-electron chi connectivity index (χ4n) is 3.84. The summed E-state index contributed by atoms with van der Waals surface area (Å²) < 4.78 is 1.77. The number of nitriles is 1. The Kier molecular flexibility index (Phi) is 3.79. The van der Waals surface area contributed by atoms with Crippen LogP contribution in [-0.4, -0.2) is 50.9 Å². The van der Waals surface area contributed by atoms with Gasteiger partial charge in [-0.3, -0.25) is 4.68 Å². The van der Waals surface area contributed by atoms with E-state index in [1.54, 1.807) is 11.0 Å². The van der Waals surface area contributed by atoms with Crippen molar-refractivity contribution in [2.75, 3.05) is 36.0 Å². The van der Waals surface area contributed by atoms with Gasteiger partial charge in [-0.25, -0.2) is 15.0 Å². The normalized spacial score (nSPS) is 14.6. The Balaban J connectivity index is 1.45. The van der Waals surface area contributed by atoms with Crippen LogP contribution in [0, 0.1) is 11.3 Å². The Morgan fingerprint density at radius 1 is 1.00 bits per heavy atom. The Hall–Kier alpha value is -3.73. The number of aryl methyl sites for hydroxylation is 1. The summed E-state index contributed by atoms with van der Waals surface area (Å²) >= 11 is 0. The van der Waals surface area contributed by atoms with Crippen molar-refractivity contribution in [3.63, 3.8) is 0 Å². The quantitative estimate of drug-likeness (QED) is 0.534. The number of aromatic nitrogens is 5. The predicted molar refractivity (Wildman–Crippen MR) is 107 cm³/mol. The van der Waals surface area contributed by atoms with Crippen LogP contribution in [0.2, 0.25) is 0 Å². The molecule has 0 atom stereocenters. The molecule has 1 saturated heterocycles. The van der Waals surface area contributed by atoms with E-state index in [1.807, 2.05) is 37.5 Å². The van der Waals surface area contributed by atoms with Gasteiger partial charge in [-0.15, -0.1) is 0 Å². The monoisotopic (exact) mass is 370 g/mol. The highest BCUT2D eigenvalue weighted by Gasteiger charge is 2.22. The van der Waals surface area contributed by atoms with Crippen molar-refractivity contribution < 1.29 is 0 Å². The number of piperazine rings is 1. The third kappa shape index (κ3) is 2.60. The molecule has 0 bridgehead atoms. The molecule has 8 nitrogen and oxygen atoms in total. The van der Waals surface area contributed by atoms with Gasteiger partial charge in [0.2, 0.25) is 0 Å². The van der Waals surface area contributed by atoms with Gasteiger partial charge in [-0.2, -0.15) is 10.4 Å². The van der Waals surface area contributed by atoms with Crippen LogP contribution in [0.4, 0.5) is 11.5 Å². The molecule has 138 valence electrons. The van der Waals surface area contributed by atoms with Gasteiger partial charge in [-0.05, 0) is 12.1 Å². The van der Waals surface area contributed by atoms with E-state index in [4.69, 9.17) is 0 Å². The lowest BCUT2D eigenvalue weighted by Gasteiger charge is -2.37. The molecule has 5 rings (SSSR count). The number of anilines is 2. The van der Waals surface area contributed by atoms with E-state index in [0.717, 1.165) is 59.6 Å². The summed E-state index contributed by atoms with van der Waals surface area (Å²) in [6.07, 6.45) is 3.42. The summed E-state index contributed by atoms with van der Waals surface area (Å²) in [7, 11) is 1.89. The summed E-state index contributed by atoms with van der Waals surface area (Å²) in [5.41, 5.74) is 3.21. The van der Waals surface area contributed by atoms with E-state index in [9.17, 15) is 5.26 Å². The van der Waals surface area contributed by atoms with E-state index in [0.29, 0.717) is 5.69 Å². The van der Waals surface area contributed by atoms with E-state index in [-0.39, 0.29) is 0 Å². The molecule has 4 heterocycles. The first kappa shape index (κ1) is 16.4. The summed E-state index contributed by atoms with van der Waals surface area (Å²) in [6.45, 7) is 3.34. The molecule has 0 N–H and O–H groups in total. The second kappa shape index (κ2) is 6.46. The van der Waals surface area contributed by atoms with Gasteiger partial charge >= 0.3 is 0 Å². The smallest absolute Gasteiger partial charge is 0.163 e. The number of nitrogens with zero attached hydrogens (tertiary/aromatic N) is 8. The molecule has 8 heteroatoms. The molecular formula is C20H18N8. The van der Waals surface area contributed by atoms with Gasteiger partial charge in [0.25, 0.3) is 0 Å². The highest BCUT2D eigenvalue weighted by atomic mass is 15.3. The summed E-state index contributed by atoms with van der Waals surface area (Å²) in [5, 5.41) is 15.7. The minimum absolute atomic E-state index is 0.448. The Labute approximate surface area is 161 Å². The van der Waals surface area contributed by atoms with E-state index >= 15 is 0 Å². The maximum atomic E-state index is 9.35. The van der Waals surface area contributed by atoms with Crippen LogP contribution < -0.4 is 9.80 Å². The molecule has 1 aromatic carbocycles. The van der Waals surface area contributed by atoms with Gasteiger partial charge in [0.15, 0.2) is 5.65 Å². The zero-order valence-corrected chi connectivity index (χ0v) is 15.4. The number of rotatable bonds is 2. The number of hydrogen-bond donors (Lipinski definition) is 0. The van der Waals surface area contributed by atoms with Gasteiger partial charge in [0, 0.05) is 44.3 Å². The lowest BCUT2D eigenvalue weighted by Crippen LogP contribution is -2.47. The minimum atomic E-state index is 0.448. The maximum absolute atomic E-state index is 9.35. The molecule has 0 saturated carbocycles. The van der Waals surface area contributed by atoms with E-state index < -0.39 is 0 Å². The topological polar surface area (TPSA) is 86.8 Å². The molecule has 4 aromatic rings. The van der Waals surface area contributed by atoms with Gasteiger partial charge in [0.05, 0.1) is 17.1 Å². The minimum Gasteiger partial charge on any atom is -0.367 e. The molecule has 0 aliphatic carbocycles. The highest BCUT2D eigenvalue weighted by molar-refractivity contribution is 5.92. The standard InChI is InChI=1S/C20H18N8/c1-26-19-16(12-24-26)20(23-13-22-19)28-8-6-27(7-9-28)18-10-14(11-21)25-17-5-3-2-4-15(17)18/h2-5,10,12-13H,6-9H2,1H3. The Bertz CT molecular complexity index is 1210. The second-order valence-corrected chi connectivity index (χ2v) is 6.83. The number of hydrogen-bond acceptors (Lipinski definition) is 7. The summed E-state index contributed by atoms with van der Waals surface area (Å²) in [6, 6.07) is 12.1. The predicted octanol–water partition coefficient (Wildman–Crippen LogP) is 2.11. The largest absolute Gasteiger partial charge is 0.367 e. The van der Waals surface area contributed by atoms with Crippen molar-refractivity contribution >= 4 is 33.4 Å². The number of fused-ring (bicyclic) bond motifs is 2. The fourth-order valence-corrected chi connectivity index (χ4v) is 3.84. The lowest BCUT2D eigenvalue weighted by atomic mass is 10.1. The van der Waals surface area contributed by atoms with Crippen molar-refractivity contribution in [1.82, 2.24) is 24.7 Å². The van der Waals surface area contributed by atoms with Crippen LogP contribution in [0.15, 0.2) is 42.9 Å². The number of benzene rings is 1. The van der Waals surface area contributed by atoms with Crippen LogP contribution in [0.3, 0.4) is 0 Å². The van der Waals surface area contributed by atoms with Crippen molar-refractivity contribution in [3.05, 3.63) is 48.5 Å². The Morgan fingerprint density at radius 2 is 1.79 bits per heavy atom. The molecule has 0 amide bonds. The third-order valence-corrected chi connectivity index (χ3v) is 5.24. The van der Waals surface area contributed by atoms with Crippen molar-refractivity contribution in [1.29, 1.82) is 5.26 Å². The molecule has 1 aliphatic heterocycles. The van der Waals surface area contributed by atoms with Crippen molar-refractivity contribution in [2.24, 2.45) is 7.05 Å². The van der Waals surface area contributed by atoms with Crippen molar-refractivity contribution in [2.45, 2.75) is 0 Å². The van der Waals surface area contributed by atoms with E-state index in [2.05, 4.69) is 42.0 Å². The van der Waals surface area contributed by atoms with Gasteiger partial charge in [0.1, 0.15) is 23.9 Å². The van der Waals surface area contributed by atoms with Crippen LogP contribution in [0.1, 0.15) is 5.69 Å². The van der Waals surface area contributed by atoms with Crippen LogP contribution in [0.5, 0.6) is 0 Å². The average molecular weight is 370 g/mol. The zero-order valence-electron chi connectivity index (χ0n) is 15.4. The number of para-hydroxylation sites is 1. The maximum Gasteiger partial charge on any atom is 0.163 e. The molecular weight excluding hydrogens is 352 g/mol. The molecule has 1 fully saturated rings. The Morgan fingerprint density at radius 3 is 2.61 bits per heavy atom. The SMILES string of the molecule is Cn1ncc2c(N3CCN(c4cc(C#N)nc5ccccc45)CC3)ncnc21.